The van der Waals surface area contributed by atoms with Gasteiger partial charge in [0.05, 0.1) is 22.5 Å². The molecular weight excluding hydrogens is 388 g/mol. The predicted octanol–water partition coefficient (Wildman–Crippen LogP) is 1.26. The summed E-state index contributed by atoms with van der Waals surface area (Å²) in [7, 11) is -11.7. The van der Waals surface area contributed by atoms with E-state index >= 15 is 0 Å². The van der Waals surface area contributed by atoms with Crippen LogP contribution in [0.5, 0.6) is 0 Å². The zero-order valence-electron chi connectivity index (χ0n) is 13.3. The SMILES string of the molecule is CS(=O)(=O)Nc1ccccc1NS(=O)(=O)c1ccccc1S(C)(=O)=O. The molecule has 0 aliphatic heterocycles. The Morgan fingerprint density at radius 3 is 1.56 bits per heavy atom. The minimum absolute atomic E-state index is 0.0189. The smallest absolute Gasteiger partial charge is 0.263 e. The Morgan fingerprint density at radius 1 is 0.640 bits per heavy atom. The van der Waals surface area contributed by atoms with Gasteiger partial charge in [0.1, 0.15) is 4.90 Å². The molecule has 0 spiro atoms. The largest absolute Gasteiger partial charge is 0.282 e. The number of rotatable bonds is 6. The molecule has 0 saturated heterocycles. The second-order valence-corrected chi connectivity index (χ2v) is 10.6. The van der Waals surface area contributed by atoms with E-state index in [4.69, 9.17) is 0 Å². The van der Waals surface area contributed by atoms with Crippen molar-refractivity contribution in [1.29, 1.82) is 0 Å². The summed E-state index contributed by atoms with van der Waals surface area (Å²) >= 11 is 0. The topological polar surface area (TPSA) is 126 Å². The van der Waals surface area contributed by atoms with Crippen molar-refractivity contribution in [1.82, 2.24) is 0 Å². The van der Waals surface area contributed by atoms with Crippen molar-refractivity contribution in [3.8, 4) is 0 Å². The summed E-state index contributed by atoms with van der Waals surface area (Å²) in [6.07, 6.45) is 1.83. The van der Waals surface area contributed by atoms with Gasteiger partial charge in [-0.1, -0.05) is 24.3 Å². The number of sulfonamides is 2. The number of nitrogens with one attached hydrogen (secondary N) is 2. The van der Waals surface area contributed by atoms with E-state index in [1.54, 1.807) is 0 Å². The molecule has 0 saturated carbocycles. The molecule has 2 aromatic rings. The van der Waals surface area contributed by atoms with Gasteiger partial charge in [-0.05, 0) is 24.3 Å². The van der Waals surface area contributed by atoms with Crippen LogP contribution < -0.4 is 9.44 Å². The van der Waals surface area contributed by atoms with Gasteiger partial charge < -0.3 is 0 Å². The first-order chi connectivity index (χ1) is 11.4. The molecule has 8 nitrogen and oxygen atoms in total. The summed E-state index contributed by atoms with van der Waals surface area (Å²) in [5.41, 5.74) is -0.0124. The van der Waals surface area contributed by atoms with E-state index in [0.717, 1.165) is 18.6 Å². The van der Waals surface area contributed by atoms with Crippen LogP contribution in [0.2, 0.25) is 0 Å². The van der Waals surface area contributed by atoms with E-state index < -0.39 is 34.8 Å². The Labute approximate surface area is 146 Å². The molecule has 0 fully saturated rings. The zero-order valence-corrected chi connectivity index (χ0v) is 15.7. The highest BCUT2D eigenvalue weighted by Crippen LogP contribution is 2.27. The van der Waals surface area contributed by atoms with Crippen LogP contribution in [0, 0.1) is 0 Å². The lowest BCUT2D eigenvalue weighted by molar-refractivity contribution is 0.588. The van der Waals surface area contributed by atoms with Crippen molar-refractivity contribution in [2.75, 3.05) is 22.0 Å². The Balaban J connectivity index is 2.53. The number of hydrogen-bond donors (Lipinski definition) is 2. The number of benzene rings is 2. The van der Waals surface area contributed by atoms with Gasteiger partial charge in [-0.25, -0.2) is 25.3 Å². The van der Waals surface area contributed by atoms with E-state index in [-0.39, 0.29) is 16.3 Å². The molecule has 25 heavy (non-hydrogen) atoms. The highest BCUT2D eigenvalue weighted by atomic mass is 32.2. The van der Waals surface area contributed by atoms with Gasteiger partial charge in [0, 0.05) is 6.26 Å². The summed E-state index contributed by atoms with van der Waals surface area (Å²) in [6, 6.07) is 10.9. The van der Waals surface area contributed by atoms with Gasteiger partial charge >= 0.3 is 0 Å². The van der Waals surface area contributed by atoms with Crippen LogP contribution in [0.15, 0.2) is 58.3 Å². The minimum atomic E-state index is -4.27. The van der Waals surface area contributed by atoms with Crippen molar-refractivity contribution in [3.05, 3.63) is 48.5 Å². The zero-order chi connectivity index (χ0) is 18.9. The van der Waals surface area contributed by atoms with Crippen LogP contribution in [0.4, 0.5) is 11.4 Å². The molecule has 0 aromatic heterocycles. The lowest BCUT2D eigenvalue weighted by Gasteiger charge is -2.14. The quantitative estimate of drug-likeness (QED) is 0.746. The fourth-order valence-corrected chi connectivity index (χ4v) is 5.33. The molecule has 2 rings (SSSR count). The Kier molecular flexibility index (Phi) is 5.11. The summed E-state index contributed by atoms with van der Waals surface area (Å²) < 4.78 is 76.1. The third kappa shape index (κ3) is 4.94. The molecule has 136 valence electrons. The third-order valence-corrected chi connectivity index (χ3v) is 6.30. The fraction of sp³-hybridized carbons (Fsp3) is 0.143. The number of hydrogen-bond acceptors (Lipinski definition) is 6. The molecule has 0 atom stereocenters. The third-order valence-electron chi connectivity index (χ3n) is 3.00. The van der Waals surface area contributed by atoms with E-state index in [0.29, 0.717) is 0 Å². The maximum atomic E-state index is 12.6. The van der Waals surface area contributed by atoms with Crippen LogP contribution in [-0.4, -0.2) is 37.8 Å². The Bertz CT molecular complexity index is 1110. The van der Waals surface area contributed by atoms with Gasteiger partial charge in [-0.3, -0.25) is 9.44 Å². The van der Waals surface area contributed by atoms with Crippen molar-refractivity contribution in [3.63, 3.8) is 0 Å². The number of anilines is 2. The molecule has 0 bridgehead atoms. The summed E-state index contributed by atoms with van der Waals surface area (Å²) in [5.74, 6) is 0. The van der Waals surface area contributed by atoms with E-state index in [1.807, 2.05) is 0 Å². The first-order valence-corrected chi connectivity index (χ1v) is 12.1. The molecule has 11 heteroatoms. The first kappa shape index (κ1) is 19.2. The van der Waals surface area contributed by atoms with Gasteiger partial charge in [0.2, 0.25) is 10.0 Å². The van der Waals surface area contributed by atoms with Crippen LogP contribution in [-0.2, 0) is 29.9 Å². The van der Waals surface area contributed by atoms with Crippen molar-refractivity contribution >= 4 is 41.3 Å². The van der Waals surface area contributed by atoms with Gasteiger partial charge in [0.15, 0.2) is 9.84 Å². The van der Waals surface area contributed by atoms with E-state index in [2.05, 4.69) is 9.44 Å². The predicted molar refractivity (Wildman–Crippen MR) is 95.3 cm³/mol. The molecule has 0 amide bonds. The van der Waals surface area contributed by atoms with Crippen molar-refractivity contribution in [2.45, 2.75) is 9.79 Å². The second kappa shape index (κ2) is 6.65. The lowest BCUT2D eigenvalue weighted by atomic mass is 10.3. The highest BCUT2D eigenvalue weighted by molar-refractivity contribution is 7.95. The monoisotopic (exact) mass is 404 g/mol. The molecule has 0 unspecified atom stereocenters. The van der Waals surface area contributed by atoms with Crippen LogP contribution >= 0.6 is 0 Å². The van der Waals surface area contributed by atoms with Crippen molar-refractivity contribution in [2.24, 2.45) is 0 Å². The van der Waals surface area contributed by atoms with Crippen LogP contribution in [0.1, 0.15) is 0 Å². The Hall–Kier alpha value is -2.11. The van der Waals surface area contributed by atoms with Gasteiger partial charge in [0.25, 0.3) is 10.0 Å². The molecule has 0 aliphatic carbocycles. The first-order valence-electron chi connectivity index (χ1n) is 6.79. The molecular formula is C14H16N2O6S3. The van der Waals surface area contributed by atoms with Crippen LogP contribution in [0.3, 0.4) is 0 Å². The van der Waals surface area contributed by atoms with E-state index in [9.17, 15) is 25.3 Å². The maximum absolute atomic E-state index is 12.6. The standard InChI is InChI=1S/C14H16N2O6S3/c1-23(17,18)13-9-5-6-10-14(13)25(21,22)16-12-8-4-3-7-11(12)15-24(2,19)20/h3-10,15-16H,1-2H3. The van der Waals surface area contributed by atoms with Gasteiger partial charge in [-0.2, -0.15) is 0 Å². The number of sulfone groups is 1. The minimum Gasteiger partial charge on any atom is -0.282 e. The summed E-state index contributed by atoms with van der Waals surface area (Å²) in [4.78, 5) is -0.775. The molecule has 0 heterocycles. The maximum Gasteiger partial charge on any atom is 0.263 e. The average Bonchev–Trinajstić information content (AvgIpc) is 2.47. The second-order valence-electron chi connectivity index (χ2n) is 5.24. The number of para-hydroxylation sites is 2. The van der Waals surface area contributed by atoms with E-state index in [1.165, 1.54) is 42.5 Å². The normalized spacial score (nSPS) is 12.6. The highest BCUT2D eigenvalue weighted by Gasteiger charge is 2.24. The summed E-state index contributed by atoms with van der Waals surface area (Å²) in [6.45, 7) is 0. The van der Waals surface area contributed by atoms with Crippen molar-refractivity contribution < 1.29 is 25.3 Å². The lowest BCUT2D eigenvalue weighted by Crippen LogP contribution is -2.18. The molecule has 2 N–H and O–H groups in total. The summed E-state index contributed by atoms with van der Waals surface area (Å²) in [5, 5.41) is 0. The molecule has 0 radical (unpaired) electrons. The van der Waals surface area contributed by atoms with Gasteiger partial charge in [-0.15, -0.1) is 0 Å². The van der Waals surface area contributed by atoms with Crippen LogP contribution in [0.25, 0.3) is 0 Å². The molecule has 2 aromatic carbocycles. The Morgan fingerprint density at radius 2 is 1.08 bits per heavy atom. The fourth-order valence-electron chi connectivity index (χ4n) is 2.04. The molecule has 0 aliphatic rings. The average molecular weight is 404 g/mol.